The molecule has 1 aromatic heterocycles. The van der Waals surface area contributed by atoms with Gasteiger partial charge in [-0.1, -0.05) is 0 Å². The second kappa shape index (κ2) is 4.41. The lowest BCUT2D eigenvalue weighted by atomic mass is 10.1. The van der Waals surface area contributed by atoms with Crippen LogP contribution in [-0.4, -0.2) is 20.2 Å². The van der Waals surface area contributed by atoms with Gasteiger partial charge in [-0.05, 0) is 12.1 Å². The zero-order chi connectivity index (χ0) is 14.3. The summed E-state index contributed by atoms with van der Waals surface area (Å²) in [6, 6.07) is 5.90. The number of benzene rings is 2. The van der Waals surface area contributed by atoms with E-state index in [9.17, 15) is 19.0 Å². The SMILES string of the molecule is Oc1ccc(-c2cnc3cc(F)c(F)cc3n2)c(O)c1. The monoisotopic (exact) mass is 274 g/mol. The first-order valence-corrected chi connectivity index (χ1v) is 5.69. The molecule has 0 aliphatic heterocycles. The maximum atomic E-state index is 13.2. The van der Waals surface area contributed by atoms with Crippen LogP contribution in [-0.2, 0) is 0 Å². The highest BCUT2D eigenvalue weighted by atomic mass is 19.2. The second-order valence-electron chi connectivity index (χ2n) is 4.21. The summed E-state index contributed by atoms with van der Waals surface area (Å²) in [7, 11) is 0. The lowest BCUT2D eigenvalue weighted by Gasteiger charge is -2.06. The van der Waals surface area contributed by atoms with Crippen molar-refractivity contribution in [2.75, 3.05) is 0 Å². The molecule has 3 aromatic rings. The number of fused-ring (bicyclic) bond motifs is 1. The predicted octanol–water partition coefficient (Wildman–Crippen LogP) is 2.99. The van der Waals surface area contributed by atoms with Gasteiger partial charge in [-0.25, -0.2) is 13.8 Å². The minimum Gasteiger partial charge on any atom is -0.508 e. The number of rotatable bonds is 1. The first kappa shape index (κ1) is 12.3. The van der Waals surface area contributed by atoms with Crippen LogP contribution in [0.25, 0.3) is 22.3 Å². The number of hydrogen-bond donors (Lipinski definition) is 2. The number of aromatic nitrogens is 2. The summed E-state index contributed by atoms with van der Waals surface area (Å²) in [5.74, 6) is -2.28. The van der Waals surface area contributed by atoms with Crippen molar-refractivity contribution in [1.29, 1.82) is 0 Å². The van der Waals surface area contributed by atoms with Gasteiger partial charge in [-0.15, -0.1) is 0 Å². The maximum Gasteiger partial charge on any atom is 0.161 e. The Hall–Kier alpha value is -2.76. The molecule has 1 heterocycles. The van der Waals surface area contributed by atoms with Gasteiger partial charge >= 0.3 is 0 Å². The van der Waals surface area contributed by atoms with E-state index in [2.05, 4.69) is 9.97 Å². The van der Waals surface area contributed by atoms with E-state index in [1.165, 1.54) is 18.3 Å². The van der Waals surface area contributed by atoms with E-state index < -0.39 is 11.6 Å². The fraction of sp³-hybridized carbons (Fsp3) is 0. The van der Waals surface area contributed by atoms with E-state index in [1.807, 2.05) is 0 Å². The Morgan fingerprint density at radius 3 is 2.30 bits per heavy atom. The van der Waals surface area contributed by atoms with Crippen LogP contribution in [0.5, 0.6) is 11.5 Å². The van der Waals surface area contributed by atoms with Crippen molar-refractivity contribution >= 4 is 11.0 Å². The molecule has 2 aromatic carbocycles. The molecule has 3 rings (SSSR count). The van der Waals surface area contributed by atoms with Crippen LogP contribution in [0, 0.1) is 11.6 Å². The van der Waals surface area contributed by atoms with Gasteiger partial charge in [0.15, 0.2) is 11.6 Å². The quantitative estimate of drug-likeness (QED) is 0.716. The summed E-state index contributed by atoms with van der Waals surface area (Å²) in [5.41, 5.74) is 1.02. The molecule has 0 saturated carbocycles. The van der Waals surface area contributed by atoms with Crippen molar-refractivity contribution in [3.63, 3.8) is 0 Å². The molecule has 0 atom stereocenters. The topological polar surface area (TPSA) is 66.2 Å². The third kappa shape index (κ3) is 2.01. The normalized spacial score (nSPS) is 10.9. The van der Waals surface area contributed by atoms with Gasteiger partial charge in [0.1, 0.15) is 11.5 Å². The predicted molar refractivity (Wildman–Crippen MR) is 68.2 cm³/mol. The van der Waals surface area contributed by atoms with Crippen molar-refractivity contribution in [2.45, 2.75) is 0 Å². The summed E-state index contributed by atoms with van der Waals surface area (Å²) < 4.78 is 26.3. The summed E-state index contributed by atoms with van der Waals surface area (Å²) in [5, 5.41) is 19.0. The minimum atomic E-state index is -1.01. The zero-order valence-corrected chi connectivity index (χ0v) is 10.0. The molecule has 0 aliphatic carbocycles. The Morgan fingerprint density at radius 2 is 1.60 bits per heavy atom. The average molecular weight is 274 g/mol. The number of hydrogen-bond acceptors (Lipinski definition) is 4. The van der Waals surface area contributed by atoms with Crippen LogP contribution in [0.4, 0.5) is 8.78 Å². The molecule has 2 N–H and O–H groups in total. The molecular weight excluding hydrogens is 266 g/mol. The summed E-state index contributed by atoms with van der Waals surface area (Å²) in [6.45, 7) is 0. The first-order valence-electron chi connectivity index (χ1n) is 5.69. The Labute approximate surface area is 112 Å². The fourth-order valence-electron chi connectivity index (χ4n) is 1.87. The first-order chi connectivity index (χ1) is 9.54. The van der Waals surface area contributed by atoms with Gasteiger partial charge in [0, 0.05) is 23.8 Å². The molecule has 0 spiro atoms. The Morgan fingerprint density at radius 1 is 0.900 bits per heavy atom. The van der Waals surface area contributed by atoms with Gasteiger partial charge in [0.25, 0.3) is 0 Å². The van der Waals surface area contributed by atoms with Crippen LogP contribution in [0.15, 0.2) is 36.5 Å². The third-order valence-electron chi connectivity index (χ3n) is 2.84. The van der Waals surface area contributed by atoms with Gasteiger partial charge in [-0.2, -0.15) is 0 Å². The highest BCUT2D eigenvalue weighted by Crippen LogP contribution is 2.31. The van der Waals surface area contributed by atoms with Crippen LogP contribution in [0.3, 0.4) is 0 Å². The van der Waals surface area contributed by atoms with E-state index in [0.717, 1.165) is 18.2 Å². The lowest BCUT2D eigenvalue weighted by Crippen LogP contribution is -1.92. The van der Waals surface area contributed by atoms with Crippen LogP contribution >= 0.6 is 0 Å². The number of phenols is 2. The summed E-state index contributed by atoms with van der Waals surface area (Å²) in [6.07, 6.45) is 1.34. The van der Waals surface area contributed by atoms with Crippen molar-refractivity contribution in [1.82, 2.24) is 9.97 Å². The van der Waals surface area contributed by atoms with E-state index in [0.29, 0.717) is 11.3 Å². The zero-order valence-electron chi connectivity index (χ0n) is 10.0. The van der Waals surface area contributed by atoms with Crippen molar-refractivity contribution < 1.29 is 19.0 Å². The largest absolute Gasteiger partial charge is 0.508 e. The fourth-order valence-corrected chi connectivity index (χ4v) is 1.87. The standard InChI is InChI=1S/C14H8F2N2O2/c15-9-4-11-12(5-10(9)16)18-13(6-17-11)8-2-1-7(19)3-14(8)20/h1-6,19-20H. The lowest BCUT2D eigenvalue weighted by molar-refractivity contribution is 0.452. The van der Waals surface area contributed by atoms with E-state index in [4.69, 9.17) is 0 Å². The van der Waals surface area contributed by atoms with Gasteiger partial charge < -0.3 is 10.2 Å². The number of phenolic OH excluding ortho intramolecular Hbond substituents is 2. The van der Waals surface area contributed by atoms with E-state index >= 15 is 0 Å². The number of halogens is 2. The molecule has 0 fully saturated rings. The summed E-state index contributed by atoms with van der Waals surface area (Å²) in [4.78, 5) is 8.11. The van der Waals surface area contributed by atoms with Crippen molar-refractivity contribution in [3.05, 3.63) is 48.2 Å². The van der Waals surface area contributed by atoms with Gasteiger partial charge in [0.2, 0.25) is 0 Å². The van der Waals surface area contributed by atoms with Gasteiger partial charge in [-0.3, -0.25) is 4.98 Å². The molecular formula is C14H8F2N2O2. The number of aromatic hydroxyl groups is 2. The Bertz CT molecular complexity index is 822. The molecule has 100 valence electrons. The molecule has 0 amide bonds. The molecule has 4 nitrogen and oxygen atoms in total. The smallest absolute Gasteiger partial charge is 0.161 e. The molecule has 20 heavy (non-hydrogen) atoms. The highest BCUT2D eigenvalue weighted by molar-refractivity contribution is 5.78. The van der Waals surface area contributed by atoms with Crippen LogP contribution in [0.2, 0.25) is 0 Å². The van der Waals surface area contributed by atoms with Crippen molar-refractivity contribution in [2.24, 2.45) is 0 Å². The van der Waals surface area contributed by atoms with E-state index in [1.54, 1.807) is 0 Å². The molecule has 0 radical (unpaired) electrons. The Kier molecular flexibility index (Phi) is 2.71. The molecule has 0 aliphatic rings. The third-order valence-corrected chi connectivity index (χ3v) is 2.84. The van der Waals surface area contributed by atoms with Gasteiger partial charge in [0.05, 0.1) is 22.9 Å². The highest BCUT2D eigenvalue weighted by Gasteiger charge is 2.10. The summed E-state index contributed by atoms with van der Waals surface area (Å²) >= 11 is 0. The van der Waals surface area contributed by atoms with Crippen LogP contribution < -0.4 is 0 Å². The van der Waals surface area contributed by atoms with E-state index in [-0.39, 0.29) is 22.5 Å². The average Bonchev–Trinajstić information content (AvgIpc) is 2.40. The molecule has 6 heteroatoms. The van der Waals surface area contributed by atoms with Crippen LogP contribution in [0.1, 0.15) is 0 Å². The van der Waals surface area contributed by atoms with Crippen molar-refractivity contribution in [3.8, 4) is 22.8 Å². The molecule has 0 saturated heterocycles. The molecule has 0 unspecified atom stereocenters. The Balaban J connectivity index is 2.20. The minimum absolute atomic E-state index is 0.0897. The second-order valence-corrected chi connectivity index (χ2v) is 4.21. The number of nitrogens with zero attached hydrogens (tertiary/aromatic N) is 2. The molecule has 0 bridgehead atoms. The maximum absolute atomic E-state index is 13.2.